The lowest BCUT2D eigenvalue weighted by atomic mass is 10.1. The Bertz CT molecular complexity index is 379. The summed E-state index contributed by atoms with van der Waals surface area (Å²) >= 11 is 0. The summed E-state index contributed by atoms with van der Waals surface area (Å²) in [5.41, 5.74) is 6.55. The van der Waals surface area contributed by atoms with Gasteiger partial charge in [0.15, 0.2) is 6.10 Å². The van der Waals surface area contributed by atoms with Gasteiger partial charge in [-0.05, 0) is 24.6 Å². The van der Waals surface area contributed by atoms with Crippen LogP contribution in [0.2, 0.25) is 0 Å². The number of carbonyl (C=O) groups excluding carboxylic acids is 1. The molecule has 0 aliphatic heterocycles. The lowest BCUT2D eigenvalue weighted by Gasteiger charge is -2.20. The van der Waals surface area contributed by atoms with Crippen molar-refractivity contribution < 1.29 is 14.3 Å². The fourth-order valence-electron chi connectivity index (χ4n) is 1.53. The zero-order valence-corrected chi connectivity index (χ0v) is 12.4. The highest BCUT2D eigenvalue weighted by molar-refractivity contribution is 5.85. The van der Waals surface area contributed by atoms with E-state index in [1.54, 1.807) is 6.92 Å². The number of halogens is 1. The van der Waals surface area contributed by atoms with Crippen molar-refractivity contribution in [1.82, 2.24) is 0 Å². The predicted molar refractivity (Wildman–Crippen MR) is 77.5 cm³/mol. The number of hydrogen-bond donors (Lipinski definition) is 1. The Hall–Kier alpha value is -1.26. The zero-order valence-electron chi connectivity index (χ0n) is 11.6. The summed E-state index contributed by atoms with van der Waals surface area (Å²) in [6.45, 7) is 6.49. The molecular formula is C14H22ClNO3. The van der Waals surface area contributed by atoms with Crippen molar-refractivity contribution in [3.63, 3.8) is 0 Å². The van der Waals surface area contributed by atoms with Crippen LogP contribution in [0.4, 0.5) is 0 Å². The SMILES string of the molecule is CCOC(=O)C(Oc1ccc(CN)cc1)C(C)C.Cl. The van der Waals surface area contributed by atoms with E-state index in [0.29, 0.717) is 18.9 Å². The Morgan fingerprint density at radius 2 is 1.84 bits per heavy atom. The molecule has 0 fully saturated rings. The molecule has 4 nitrogen and oxygen atoms in total. The molecule has 0 aromatic heterocycles. The molecule has 0 saturated carbocycles. The van der Waals surface area contributed by atoms with Crippen LogP contribution < -0.4 is 10.5 Å². The average molecular weight is 288 g/mol. The quantitative estimate of drug-likeness (QED) is 0.817. The van der Waals surface area contributed by atoms with Gasteiger partial charge in [-0.2, -0.15) is 0 Å². The standard InChI is InChI=1S/C14H21NO3.ClH/c1-4-17-14(16)13(10(2)3)18-12-7-5-11(9-15)6-8-12;/h5-8,10,13H,4,9,15H2,1-3H3;1H. The minimum Gasteiger partial charge on any atom is -0.478 e. The van der Waals surface area contributed by atoms with E-state index in [4.69, 9.17) is 15.2 Å². The zero-order chi connectivity index (χ0) is 13.5. The Kier molecular flexibility index (Phi) is 8.19. The van der Waals surface area contributed by atoms with Crippen LogP contribution in [0.15, 0.2) is 24.3 Å². The summed E-state index contributed by atoms with van der Waals surface area (Å²) in [6.07, 6.45) is -0.575. The van der Waals surface area contributed by atoms with E-state index >= 15 is 0 Å². The normalized spacial score (nSPS) is 11.6. The molecule has 108 valence electrons. The number of hydrogen-bond acceptors (Lipinski definition) is 4. The Labute approximate surface area is 120 Å². The summed E-state index contributed by atoms with van der Waals surface area (Å²) in [7, 11) is 0. The monoisotopic (exact) mass is 287 g/mol. The highest BCUT2D eigenvalue weighted by Gasteiger charge is 2.25. The van der Waals surface area contributed by atoms with Crippen molar-refractivity contribution in [2.24, 2.45) is 11.7 Å². The van der Waals surface area contributed by atoms with Crippen LogP contribution in [0.1, 0.15) is 26.3 Å². The maximum atomic E-state index is 11.7. The third kappa shape index (κ3) is 5.49. The number of carbonyl (C=O) groups is 1. The number of rotatable bonds is 6. The van der Waals surface area contributed by atoms with E-state index in [-0.39, 0.29) is 24.3 Å². The van der Waals surface area contributed by atoms with Crippen molar-refractivity contribution in [1.29, 1.82) is 0 Å². The van der Waals surface area contributed by atoms with Gasteiger partial charge in [0.2, 0.25) is 0 Å². The largest absolute Gasteiger partial charge is 0.478 e. The van der Waals surface area contributed by atoms with Crippen LogP contribution in [0.5, 0.6) is 5.75 Å². The molecule has 0 spiro atoms. The highest BCUT2D eigenvalue weighted by atomic mass is 35.5. The molecule has 1 atom stereocenters. The average Bonchev–Trinajstić information content (AvgIpc) is 2.36. The van der Waals surface area contributed by atoms with E-state index in [0.717, 1.165) is 5.56 Å². The van der Waals surface area contributed by atoms with Crippen LogP contribution in [0.3, 0.4) is 0 Å². The van der Waals surface area contributed by atoms with Gasteiger partial charge < -0.3 is 15.2 Å². The van der Waals surface area contributed by atoms with E-state index < -0.39 is 6.10 Å². The molecule has 0 saturated heterocycles. The number of nitrogens with two attached hydrogens (primary N) is 1. The second-order valence-electron chi connectivity index (χ2n) is 4.38. The molecule has 1 aromatic rings. The maximum absolute atomic E-state index is 11.7. The number of esters is 1. The van der Waals surface area contributed by atoms with Crippen molar-refractivity contribution in [3.05, 3.63) is 29.8 Å². The van der Waals surface area contributed by atoms with Gasteiger partial charge in [0.1, 0.15) is 5.75 Å². The Morgan fingerprint density at radius 3 is 2.26 bits per heavy atom. The van der Waals surface area contributed by atoms with Gasteiger partial charge >= 0.3 is 5.97 Å². The molecule has 0 amide bonds. The molecule has 0 aliphatic carbocycles. The topological polar surface area (TPSA) is 61.5 Å². The van der Waals surface area contributed by atoms with Gasteiger partial charge in [-0.3, -0.25) is 0 Å². The van der Waals surface area contributed by atoms with Crippen molar-refractivity contribution in [2.75, 3.05) is 6.61 Å². The van der Waals surface area contributed by atoms with Crippen LogP contribution in [0, 0.1) is 5.92 Å². The van der Waals surface area contributed by atoms with E-state index in [2.05, 4.69) is 0 Å². The Balaban J connectivity index is 0.00000324. The second kappa shape index (κ2) is 8.77. The molecule has 0 radical (unpaired) electrons. The van der Waals surface area contributed by atoms with Crippen molar-refractivity contribution in [2.45, 2.75) is 33.4 Å². The first-order chi connectivity index (χ1) is 8.58. The third-order valence-corrected chi connectivity index (χ3v) is 2.55. The third-order valence-electron chi connectivity index (χ3n) is 2.55. The summed E-state index contributed by atoms with van der Waals surface area (Å²) in [4.78, 5) is 11.7. The van der Waals surface area contributed by atoms with Crippen LogP contribution in [-0.4, -0.2) is 18.7 Å². The highest BCUT2D eigenvalue weighted by Crippen LogP contribution is 2.17. The second-order valence-corrected chi connectivity index (χ2v) is 4.38. The number of benzene rings is 1. The summed E-state index contributed by atoms with van der Waals surface area (Å²) < 4.78 is 10.7. The van der Waals surface area contributed by atoms with Gasteiger partial charge in [0, 0.05) is 12.5 Å². The van der Waals surface area contributed by atoms with E-state index in [1.807, 2.05) is 38.1 Å². The fourth-order valence-corrected chi connectivity index (χ4v) is 1.53. The van der Waals surface area contributed by atoms with Crippen LogP contribution >= 0.6 is 12.4 Å². The van der Waals surface area contributed by atoms with Crippen molar-refractivity contribution in [3.8, 4) is 5.75 Å². The van der Waals surface area contributed by atoms with Gasteiger partial charge in [-0.25, -0.2) is 4.79 Å². The molecule has 2 N–H and O–H groups in total. The molecule has 1 aromatic carbocycles. The molecule has 0 bridgehead atoms. The molecule has 1 unspecified atom stereocenters. The first kappa shape index (κ1) is 17.7. The molecular weight excluding hydrogens is 266 g/mol. The predicted octanol–water partition coefficient (Wildman–Crippen LogP) is 2.53. The first-order valence-electron chi connectivity index (χ1n) is 6.20. The van der Waals surface area contributed by atoms with Gasteiger partial charge in [-0.15, -0.1) is 12.4 Å². The van der Waals surface area contributed by atoms with E-state index in [9.17, 15) is 4.79 Å². The molecule has 5 heteroatoms. The lowest BCUT2D eigenvalue weighted by Crippen LogP contribution is -2.34. The Morgan fingerprint density at radius 1 is 1.26 bits per heavy atom. The fraction of sp³-hybridized carbons (Fsp3) is 0.500. The maximum Gasteiger partial charge on any atom is 0.347 e. The van der Waals surface area contributed by atoms with Crippen LogP contribution in [0.25, 0.3) is 0 Å². The molecule has 19 heavy (non-hydrogen) atoms. The summed E-state index contributed by atoms with van der Waals surface area (Å²) in [5, 5.41) is 0. The first-order valence-corrected chi connectivity index (χ1v) is 6.20. The lowest BCUT2D eigenvalue weighted by molar-refractivity contribution is -0.153. The summed E-state index contributed by atoms with van der Waals surface area (Å²) in [5.74, 6) is 0.382. The molecule has 0 heterocycles. The van der Waals surface area contributed by atoms with E-state index in [1.165, 1.54) is 0 Å². The van der Waals surface area contributed by atoms with Gasteiger partial charge in [0.25, 0.3) is 0 Å². The summed E-state index contributed by atoms with van der Waals surface area (Å²) in [6, 6.07) is 7.41. The minimum absolute atomic E-state index is 0. The molecule has 0 aliphatic rings. The van der Waals surface area contributed by atoms with Crippen LogP contribution in [-0.2, 0) is 16.1 Å². The number of ether oxygens (including phenoxy) is 2. The smallest absolute Gasteiger partial charge is 0.347 e. The van der Waals surface area contributed by atoms with Gasteiger partial charge in [0.05, 0.1) is 6.61 Å². The minimum atomic E-state index is -0.575. The van der Waals surface area contributed by atoms with Crippen molar-refractivity contribution >= 4 is 18.4 Å². The van der Waals surface area contributed by atoms with Gasteiger partial charge in [-0.1, -0.05) is 26.0 Å². The molecule has 1 rings (SSSR count).